The van der Waals surface area contributed by atoms with Crippen molar-refractivity contribution in [1.29, 1.82) is 0 Å². The van der Waals surface area contributed by atoms with Crippen LogP contribution in [0, 0.1) is 17.8 Å². The maximum atomic E-state index is 5.71. The van der Waals surface area contributed by atoms with Gasteiger partial charge in [0.15, 0.2) is 0 Å². The Morgan fingerprint density at radius 3 is 2.75 bits per heavy atom. The first-order valence-corrected chi connectivity index (χ1v) is 5.47. The van der Waals surface area contributed by atoms with Gasteiger partial charge in [-0.3, -0.25) is 4.90 Å². The van der Waals surface area contributed by atoms with E-state index in [9.17, 15) is 0 Å². The predicted molar refractivity (Wildman–Crippen MR) is 54.4 cm³/mol. The second-order valence-electron chi connectivity index (χ2n) is 4.20. The fraction of sp³-hybridized carbons (Fsp3) is 1.00. The van der Waals surface area contributed by atoms with Gasteiger partial charge in [0, 0.05) is 6.54 Å². The third-order valence-corrected chi connectivity index (χ3v) is 3.51. The lowest BCUT2D eigenvalue weighted by atomic mass is 10.0. The predicted octanol–water partition coefficient (Wildman–Crippen LogP) is 2.80. The molecule has 1 aliphatic rings. The molecule has 1 saturated carbocycles. The van der Waals surface area contributed by atoms with Crippen LogP contribution in [-0.2, 0) is 0 Å². The summed E-state index contributed by atoms with van der Waals surface area (Å²) in [5, 5.41) is 0. The molecule has 0 amide bonds. The van der Waals surface area contributed by atoms with Gasteiger partial charge in [-0.25, -0.2) is 0 Å². The van der Waals surface area contributed by atoms with Gasteiger partial charge in [-0.1, -0.05) is 20.3 Å². The Hall–Kier alpha value is 0.250. The van der Waals surface area contributed by atoms with Crippen LogP contribution < -0.4 is 0 Å². The van der Waals surface area contributed by atoms with Crippen LogP contribution in [0.5, 0.6) is 0 Å². The molecule has 0 N–H and O–H groups in total. The van der Waals surface area contributed by atoms with Gasteiger partial charge in [-0.2, -0.15) is 0 Å². The molecule has 0 spiro atoms. The van der Waals surface area contributed by atoms with Crippen LogP contribution in [-0.4, -0.2) is 24.5 Å². The highest BCUT2D eigenvalue weighted by atomic mass is 35.5. The molecular formula is C10H20ClN. The molecule has 0 heterocycles. The van der Waals surface area contributed by atoms with E-state index in [1.807, 2.05) is 0 Å². The lowest BCUT2D eigenvalue weighted by Gasteiger charge is -2.13. The summed E-state index contributed by atoms with van der Waals surface area (Å²) >= 11 is 5.71. The first-order chi connectivity index (χ1) is 5.69. The van der Waals surface area contributed by atoms with Crippen molar-refractivity contribution in [3.63, 3.8) is 0 Å². The molecule has 12 heavy (non-hydrogen) atoms. The molecule has 72 valence electrons. The normalized spacial score (nSPS) is 30.8. The van der Waals surface area contributed by atoms with Gasteiger partial charge in [-0.05, 0) is 31.2 Å². The van der Waals surface area contributed by atoms with Gasteiger partial charge in [0.05, 0.1) is 6.00 Å². The van der Waals surface area contributed by atoms with Crippen LogP contribution in [0.1, 0.15) is 26.7 Å². The third kappa shape index (κ3) is 2.63. The van der Waals surface area contributed by atoms with E-state index in [-0.39, 0.29) is 0 Å². The van der Waals surface area contributed by atoms with Gasteiger partial charge in [0.1, 0.15) is 0 Å². The van der Waals surface area contributed by atoms with Crippen LogP contribution in [0.25, 0.3) is 0 Å². The molecule has 1 rings (SSSR count). The van der Waals surface area contributed by atoms with E-state index in [1.54, 1.807) is 0 Å². The highest BCUT2D eigenvalue weighted by molar-refractivity contribution is 6.17. The van der Waals surface area contributed by atoms with Gasteiger partial charge in [0.2, 0.25) is 0 Å². The summed E-state index contributed by atoms with van der Waals surface area (Å²) in [7, 11) is 2.10. The van der Waals surface area contributed by atoms with E-state index in [2.05, 4.69) is 25.8 Å². The molecule has 0 aromatic rings. The molecule has 1 aliphatic carbocycles. The summed E-state index contributed by atoms with van der Waals surface area (Å²) in [5.74, 6) is 2.84. The Kier molecular flexibility index (Phi) is 3.85. The average molecular weight is 190 g/mol. The van der Waals surface area contributed by atoms with Crippen molar-refractivity contribution in [3.05, 3.63) is 0 Å². The van der Waals surface area contributed by atoms with Gasteiger partial charge in [0.25, 0.3) is 0 Å². The number of hydrogen-bond donors (Lipinski definition) is 0. The van der Waals surface area contributed by atoms with Crippen molar-refractivity contribution in [1.82, 2.24) is 4.90 Å². The monoisotopic (exact) mass is 189 g/mol. The number of hydrogen-bond acceptors (Lipinski definition) is 1. The number of nitrogens with zero attached hydrogens (tertiary/aromatic N) is 1. The van der Waals surface area contributed by atoms with Crippen LogP contribution >= 0.6 is 11.6 Å². The van der Waals surface area contributed by atoms with Crippen molar-refractivity contribution in [2.75, 3.05) is 19.6 Å². The Bertz CT molecular complexity index is 138. The highest BCUT2D eigenvalue weighted by Crippen LogP contribution is 2.45. The molecule has 0 aliphatic heterocycles. The summed E-state index contributed by atoms with van der Waals surface area (Å²) in [4.78, 5) is 2.20. The molecule has 1 fully saturated rings. The minimum absolute atomic E-state index is 0.670. The smallest absolute Gasteiger partial charge is 0.0736 e. The summed E-state index contributed by atoms with van der Waals surface area (Å²) in [6.45, 7) is 5.84. The quantitative estimate of drug-likeness (QED) is 0.475. The van der Waals surface area contributed by atoms with Crippen LogP contribution in [0.15, 0.2) is 0 Å². The van der Waals surface area contributed by atoms with Crippen molar-refractivity contribution >= 4 is 11.6 Å². The third-order valence-electron chi connectivity index (χ3n) is 3.10. The Morgan fingerprint density at radius 2 is 2.25 bits per heavy atom. The van der Waals surface area contributed by atoms with E-state index >= 15 is 0 Å². The largest absolute Gasteiger partial charge is 0.293 e. The maximum Gasteiger partial charge on any atom is 0.0736 e. The zero-order chi connectivity index (χ0) is 9.14. The highest BCUT2D eigenvalue weighted by Gasteiger charge is 2.40. The topological polar surface area (TPSA) is 3.24 Å². The maximum absolute atomic E-state index is 5.71. The first kappa shape index (κ1) is 10.3. The van der Waals surface area contributed by atoms with E-state index in [0.29, 0.717) is 6.00 Å². The molecular weight excluding hydrogens is 170 g/mol. The molecule has 2 unspecified atom stereocenters. The van der Waals surface area contributed by atoms with Crippen LogP contribution in [0.3, 0.4) is 0 Å². The fourth-order valence-electron chi connectivity index (χ4n) is 1.93. The molecule has 1 nitrogen and oxygen atoms in total. The first-order valence-electron chi connectivity index (χ1n) is 4.93. The molecule has 0 saturated heterocycles. The molecule has 0 bridgehead atoms. The van der Waals surface area contributed by atoms with Crippen molar-refractivity contribution < 1.29 is 0 Å². The number of alkyl halides is 1. The second kappa shape index (κ2) is 4.48. The Balaban J connectivity index is 2.15. The molecule has 2 heteroatoms. The van der Waals surface area contributed by atoms with Gasteiger partial charge >= 0.3 is 0 Å². The van der Waals surface area contributed by atoms with E-state index in [4.69, 9.17) is 11.6 Å². The van der Waals surface area contributed by atoms with Crippen molar-refractivity contribution in [3.8, 4) is 0 Å². The zero-order valence-electron chi connectivity index (χ0n) is 8.39. The summed E-state index contributed by atoms with van der Waals surface area (Å²) in [6.07, 6.45) is 2.75. The summed E-state index contributed by atoms with van der Waals surface area (Å²) in [6, 6.07) is 0.670. The lowest BCUT2D eigenvalue weighted by Crippen LogP contribution is -2.20. The van der Waals surface area contributed by atoms with E-state index < -0.39 is 0 Å². The van der Waals surface area contributed by atoms with Gasteiger partial charge in [-0.15, -0.1) is 11.6 Å². The fourth-order valence-corrected chi connectivity index (χ4v) is 2.03. The molecule has 0 aromatic carbocycles. The Labute approximate surface area is 81.1 Å². The zero-order valence-corrected chi connectivity index (χ0v) is 9.14. The minimum Gasteiger partial charge on any atom is -0.293 e. The Morgan fingerprint density at radius 1 is 1.58 bits per heavy atom. The molecule has 0 aromatic heterocycles. The van der Waals surface area contributed by atoms with Crippen molar-refractivity contribution in [2.45, 2.75) is 26.7 Å². The summed E-state index contributed by atoms with van der Waals surface area (Å²) < 4.78 is 0. The van der Waals surface area contributed by atoms with Crippen LogP contribution in [0.4, 0.5) is 0 Å². The number of rotatable bonds is 5. The average Bonchev–Trinajstić information content (AvgIpc) is 2.82. The standard InChI is InChI=1S/C10H20ClN/c1-4-8(2)10-5-9(10)6-12(3)7-11/h8-10H,4-7H2,1-3H3/t8?,9-,10?/m0/s1. The van der Waals surface area contributed by atoms with E-state index in [0.717, 1.165) is 17.8 Å². The van der Waals surface area contributed by atoms with Gasteiger partial charge < -0.3 is 0 Å². The molecule has 0 radical (unpaired) electrons. The number of halogens is 1. The van der Waals surface area contributed by atoms with Crippen LogP contribution in [0.2, 0.25) is 0 Å². The lowest BCUT2D eigenvalue weighted by molar-refractivity contribution is 0.342. The SMILES string of the molecule is CCC(C)C1C[C@H]1CN(C)CCl. The summed E-state index contributed by atoms with van der Waals surface area (Å²) in [5.41, 5.74) is 0. The van der Waals surface area contributed by atoms with E-state index in [1.165, 1.54) is 19.4 Å². The molecule has 3 atom stereocenters. The minimum atomic E-state index is 0.670. The van der Waals surface area contributed by atoms with Crippen molar-refractivity contribution in [2.24, 2.45) is 17.8 Å². The second-order valence-corrected chi connectivity index (χ2v) is 4.44.